The second kappa shape index (κ2) is 5.16. The van der Waals surface area contributed by atoms with Crippen LogP contribution in [0.1, 0.15) is 18.2 Å². The van der Waals surface area contributed by atoms with Crippen LogP contribution in [0.5, 0.6) is 0 Å². The Balaban J connectivity index is 2.82. The normalized spacial score (nSPS) is 13.8. The van der Waals surface area contributed by atoms with Gasteiger partial charge in [0.25, 0.3) is 5.69 Å². The molecular formula is C9H9N3O4. The first-order valence-electron chi connectivity index (χ1n) is 4.39. The summed E-state index contributed by atoms with van der Waals surface area (Å²) in [6, 6.07) is 4.11. The van der Waals surface area contributed by atoms with E-state index in [-0.39, 0.29) is 17.8 Å². The number of pyridine rings is 1. The van der Waals surface area contributed by atoms with Crippen molar-refractivity contribution in [2.24, 2.45) is 0 Å². The molecule has 2 N–H and O–H groups in total. The van der Waals surface area contributed by atoms with Crippen LogP contribution in [-0.4, -0.2) is 26.2 Å². The van der Waals surface area contributed by atoms with Crippen LogP contribution in [0.25, 0.3) is 0 Å². The maximum Gasteiger partial charge on any atom is 0.287 e. The molecule has 7 nitrogen and oxygen atoms in total. The number of aromatic nitrogens is 1. The number of aliphatic hydroxyl groups is 2. The number of aliphatic hydroxyl groups excluding tert-OH is 2. The van der Waals surface area contributed by atoms with Gasteiger partial charge >= 0.3 is 0 Å². The summed E-state index contributed by atoms with van der Waals surface area (Å²) in [6.45, 7) is 0. The minimum absolute atomic E-state index is 0.0911. The van der Waals surface area contributed by atoms with Gasteiger partial charge in [0, 0.05) is 6.07 Å². The van der Waals surface area contributed by atoms with Crippen molar-refractivity contribution in [2.45, 2.75) is 18.6 Å². The summed E-state index contributed by atoms with van der Waals surface area (Å²) in [5.74, 6) is 0. The van der Waals surface area contributed by atoms with Crippen molar-refractivity contribution in [2.75, 3.05) is 0 Å². The summed E-state index contributed by atoms with van der Waals surface area (Å²) in [7, 11) is 0. The van der Waals surface area contributed by atoms with Gasteiger partial charge in [0.1, 0.15) is 12.3 Å². The average molecular weight is 223 g/mol. The number of nitriles is 1. The third kappa shape index (κ3) is 2.73. The van der Waals surface area contributed by atoms with Crippen LogP contribution in [-0.2, 0) is 0 Å². The molecule has 0 spiro atoms. The predicted molar refractivity (Wildman–Crippen MR) is 52.1 cm³/mol. The van der Waals surface area contributed by atoms with Gasteiger partial charge in [-0.15, -0.1) is 0 Å². The molecule has 84 valence electrons. The van der Waals surface area contributed by atoms with Crippen LogP contribution in [0, 0.1) is 21.4 Å². The molecule has 0 amide bonds. The Hall–Kier alpha value is -2.04. The molecule has 1 aromatic rings. The van der Waals surface area contributed by atoms with Gasteiger partial charge < -0.3 is 10.2 Å². The molecule has 7 heteroatoms. The number of hydrogen-bond acceptors (Lipinski definition) is 6. The van der Waals surface area contributed by atoms with E-state index in [9.17, 15) is 20.3 Å². The second-order valence-electron chi connectivity index (χ2n) is 3.07. The van der Waals surface area contributed by atoms with Crippen molar-refractivity contribution in [3.05, 3.63) is 34.1 Å². The first-order valence-corrected chi connectivity index (χ1v) is 4.39. The molecule has 0 radical (unpaired) electrons. The Kier molecular flexibility index (Phi) is 3.88. The highest BCUT2D eigenvalue weighted by atomic mass is 16.6. The fourth-order valence-electron chi connectivity index (χ4n) is 1.08. The first kappa shape index (κ1) is 12.0. The van der Waals surface area contributed by atoms with Crippen LogP contribution < -0.4 is 0 Å². The van der Waals surface area contributed by atoms with Gasteiger partial charge in [-0.1, -0.05) is 0 Å². The van der Waals surface area contributed by atoms with E-state index in [0.717, 1.165) is 6.20 Å². The van der Waals surface area contributed by atoms with Gasteiger partial charge in [-0.05, 0) is 6.07 Å². The van der Waals surface area contributed by atoms with E-state index in [2.05, 4.69) is 4.98 Å². The van der Waals surface area contributed by atoms with E-state index in [0.29, 0.717) is 0 Å². The number of hydrogen-bond donors (Lipinski definition) is 2. The SMILES string of the molecule is N#CCC(O)C(O)c1ccc([N+](=O)[O-])cn1. The highest BCUT2D eigenvalue weighted by Gasteiger charge is 2.20. The summed E-state index contributed by atoms with van der Waals surface area (Å²) >= 11 is 0. The van der Waals surface area contributed by atoms with Crippen molar-refractivity contribution in [3.63, 3.8) is 0 Å². The van der Waals surface area contributed by atoms with Gasteiger partial charge in [-0.3, -0.25) is 15.1 Å². The van der Waals surface area contributed by atoms with E-state index >= 15 is 0 Å². The smallest absolute Gasteiger partial charge is 0.287 e. The number of nitro groups is 1. The molecule has 0 aliphatic carbocycles. The number of rotatable bonds is 4. The molecule has 0 aliphatic heterocycles. The molecule has 1 heterocycles. The van der Waals surface area contributed by atoms with Crippen molar-refractivity contribution in [1.29, 1.82) is 5.26 Å². The molecule has 2 unspecified atom stereocenters. The van der Waals surface area contributed by atoms with Crippen LogP contribution in [0.15, 0.2) is 18.3 Å². The first-order chi connectivity index (χ1) is 7.56. The summed E-state index contributed by atoms with van der Waals surface area (Å²) in [4.78, 5) is 13.4. The molecule has 16 heavy (non-hydrogen) atoms. The Morgan fingerprint density at radius 1 is 1.56 bits per heavy atom. The topological polar surface area (TPSA) is 120 Å². The van der Waals surface area contributed by atoms with Crippen LogP contribution >= 0.6 is 0 Å². The molecule has 0 aliphatic rings. The van der Waals surface area contributed by atoms with Gasteiger partial charge in [0.2, 0.25) is 0 Å². The monoisotopic (exact) mass is 223 g/mol. The Bertz CT molecular complexity index is 412. The highest BCUT2D eigenvalue weighted by Crippen LogP contribution is 2.18. The van der Waals surface area contributed by atoms with Crippen molar-refractivity contribution < 1.29 is 15.1 Å². The molecule has 2 atom stereocenters. The van der Waals surface area contributed by atoms with Crippen molar-refractivity contribution >= 4 is 5.69 Å². The fourth-order valence-corrected chi connectivity index (χ4v) is 1.08. The minimum atomic E-state index is -1.32. The summed E-state index contributed by atoms with van der Waals surface area (Å²) < 4.78 is 0. The molecule has 1 aromatic heterocycles. The fraction of sp³-hybridized carbons (Fsp3) is 0.333. The number of nitrogens with zero attached hydrogens (tertiary/aromatic N) is 3. The second-order valence-corrected chi connectivity index (χ2v) is 3.07. The third-order valence-corrected chi connectivity index (χ3v) is 1.95. The molecule has 1 rings (SSSR count). The van der Waals surface area contributed by atoms with E-state index in [1.165, 1.54) is 12.1 Å². The lowest BCUT2D eigenvalue weighted by molar-refractivity contribution is -0.385. The van der Waals surface area contributed by atoms with E-state index < -0.39 is 17.1 Å². The lowest BCUT2D eigenvalue weighted by Gasteiger charge is -2.13. The summed E-state index contributed by atoms with van der Waals surface area (Å²) in [6.07, 6.45) is -1.82. The lowest BCUT2D eigenvalue weighted by atomic mass is 10.1. The molecular weight excluding hydrogens is 214 g/mol. The molecule has 0 fully saturated rings. The highest BCUT2D eigenvalue weighted by molar-refractivity contribution is 5.27. The summed E-state index contributed by atoms with van der Waals surface area (Å²) in [5, 5.41) is 37.5. The van der Waals surface area contributed by atoms with Crippen molar-refractivity contribution in [1.82, 2.24) is 4.98 Å². The van der Waals surface area contributed by atoms with Gasteiger partial charge in [-0.2, -0.15) is 5.26 Å². The van der Waals surface area contributed by atoms with Crippen LogP contribution in [0.2, 0.25) is 0 Å². The van der Waals surface area contributed by atoms with Crippen LogP contribution in [0.3, 0.4) is 0 Å². The predicted octanol–water partition coefficient (Wildman–Crippen LogP) is 0.298. The average Bonchev–Trinajstić information content (AvgIpc) is 2.28. The molecule has 0 aromatic carbocycles. The van der Waals surface area contributed by atoms with Crippen LogP contribution in [0.4, 0.5) is 5.69 Å². The zero-order chi connectivity index (χ0) is 12.1. The zero-order valence-electron chi connectivity index (χ0n) is 8.15. The van der Waals surface area contributed by atoms with E-state index in [4.69, 9.17) is 5.26 Å². The van der Waals surface area contributed by atoms with Gasteiger partial charge in [-0.25, -0.2) is 0 Å². The van der Waals surface area contributed by atoms with Gasteiger partial charge in [0.05, 0.1) is 29.2 Å². The molecule has 0 saturated heterocycles. The molecule has 0 bridgehead atoms. The standard InChI is InChI=1S/C9H9N3O4/c10-4-3-8(13)9(14)7-2-1-6(5-11-7)12(15)16/h1-2,5,8-9,13-14H,3H2. The van der Waals surface area contributed by atoms with Gasteiger partial charge in [0.15, 0.2) is 0 Å². The zero-order valence-corrected chi connectivity index (χ0v) is 8.15. The Labute approximate surface area is 90.7 Å². The Morgan fingerprint density at radius 3 is 2.69 bits per heavy atom. The maximum absolute atomic E-state index is 10.3. The van der Waals surface area contributed by atoms with Crippen molar-refractivity contribution in [3.8, 4) is 6.07 Å². The summed E-state index contributed by atoms with van der Waals surface area (Å²) in [5.41, 5.74) is -0.112. The minimum Gasteiger partial charge on any atom is -0.389 e. The third-order valence-electron chi connectivity index (χ3n) is 1.95. The van der Waals surface area contributed by atoms with E-state index in [1.807, 2.05) is 0 Å². The lowest BCUT2D eigenvalue weighted by Crippen LogP contribution is -2.18. The largest absolute Gasteiger partial charge is 0.389 e. The Morgan fingerprint density at radius 2 is 2.25 bits per heavy atom. The maximum atomic E-state index is 10.3. The quantitative estimate of drug-likeness (QED) is 0.559. The molecule has 0 saturated carbocycles. The van der Waals surface area contributed by atoms with E-state index in [1.54, 1.807) is 6.07 Å².